The fourth-order valence-electron chi connectivity index (χ4n) is 2.28. The van der Waals surface area contributed by atoms with E-state index in [1.54, 1.807) is 11.0 Å². The molecule has 0 fully saturated rings. The van der Waals surface area contributed by atoms with Crippen molar-refractivity contribution in [2.45, 2.75) is 39.3 Å². The van der Waals surface area contributed by atoms with Gasteiger partial charge in [0.15, 0.2) is 0 Å². The van der Waals surface area contributed by atoms with Gasteiger partial charge in [-0.05, 0) is 37.0 Å². The van der Waals surface area contributed by atoms with Crippen molar-refractivity contribution in [1.82, 2.24) is 20.1 Å². The number of nitrogens with two attached hydrogens (primary N) is 1. The number of carbonyl (C=O) groups is 1. The molecule has 126 valence electrons. The third-order valence-electron chi connectivity index (χ3n) is 3.50. The molecule has 7 heteroatoms. The topological polar surface area (TPSA) is 85.8 Å². The summed E-state index contributed by atoms with van der Waals surface area (Å²) in [4.78, 5) is 16.0. The molecular weight excluding hydrogens is 314 g/mol. The number of nitrogens with zero attached hydrogens (tertiary/aromatic N) is 3. The number of halogens is 1. The van der Waals surface area contributed by atoms with Crippen LogP contribution in [0.1, 0.15) is 38.8 Å². The van der Waals surface area contributed by atoms with Crippen LogP contribution < -0.4 is 11.1 Å². The van der Waals surface area contributed by atoms with Gasteiger partial charge >= 0.3 is 0 Å². The number of rotatable bonds is 6. The number of hydrogen-bond acceptors (Lipinski definition) is 4. The molecule has 0 aliphatic heterocycles. The minimum Gasteiger partial charge on any atom is -0.348 e. The molecule has 1 amide bonds. The highest BCUT2D eigenvalue weighted by Crippen LogP contribution is 2.15. The van der Waals surface area contributed by atoms with Crippen LogP contribution in [-0.4, -0.2) is 26.7 Å². The van der Waals surface area contributed by atoms with E-state index in [0.717, 1.165) is 11.3 Å². The van der Waals surface area contributed by atoms with Gasteiger partial charge in [0.25, 0.3) is 0 Å². The summed E-state index contributed by atoms with van der Waals surface area (Å²) in [6, 6.07) is 7.28. The lowest BCUT2D eigenvalue weighted by molar-refractivity contribution is -0.123. The van der Waals surface area contributed by atoms with E-state index in [1.807, 2.05) is 31.2 Å². The predicted octanol–water partition coefficient (Wildman–Crippen LogP) is 2.24. The third-order valence-corrected chi connectivity index (χ3v) is 3.50. The van der Waals surface area contributed by atoms with E-state index in [4.69, 9.17) is 5.73 Å². The molecule has 23 heavy (non-hydrogen) atoms. The molecule has 1 aromatic carbocycles. The van der Waals surface area contributed by atoms with E-state index in [9.17, 15) is 4.79 Å². The Morgan fingerprint density at radius 1 is 1.26 bits per heavy atom. The fourth-order valence-corrected chi connectivity index (χ4v) is 2.28. The number of benzene rings is 1. The summed E-state index contributed by atoms with van der Waals surface area (Å²) in [6.45, 7) is 6.06. The second-order valence-corrected chi connectivity index (χ2v) is 5.90. The van der Waals surface area contributed by atoms with E-state index in [-0.39, 0.29) is 24.4 Å². The van der Waals surface area contributed by atoms with E-state index in [2.05, 4.69) is 29.2 Å². The van der Waals surface area contributed by atoms with Gasteiger partial charge in [0.1, 0.15) is 12.7 Å². The maximum absolute atomic E-state index is 12.1. The standard InChI is InChI=1S/C16H23N5O.ClH/c1-11(2)8-15(17)16(22)20-12(3)13-4-6-14(7-5-13)21-10-18-9-19-21;/h4-7,9-12,15H,8,17H2,1-3H3,(H,20,22);1H/t12?,15-;/m0./s1. The summed E-state index contributed by atoms with van der Waals surface area (Å²) in [5.41, 5.74) is 7.85. The van der Waals surface area contributed by atoms with E-state index < -0.39 is 6.04 Å². The smallest absolute Gasteiger partial charge is 0.237 e. The Balaban J connectivity index is 0.00000264. The van der Waals surface area contributed by atoms with Gasteiger partial charge in [0.05, 0.1) is 17.8 Å². The van der Waals surface area contributed by atoms with Crippen LogP contribution in [0.15, 0.2) is 36.9 Å². The van der Waals surface area contributed by atoms with Crippen molar-refractivity contribution in [3.05, 3.63) is 42.5 Å². The lowest BCUT2D eigenvalue weighted by Crippen LogP contribution is -2.42. The van der Waals surface area contributed by atoms with Crippen LogP contribution in [0.25, 0.3) is 5.69 Å². The quantitative estimate of drug-likeness (QED) is 0.846. The van der Waals surface area contributed by atoms with Gasteiger partial charge in [-0.1, -0.05) is 26.0 Å². The van der Waals surface area contributed by atoms with Gasteiger partial charge in [-0.3, -0.25) is 4.79 Å². The molecule has 6 nitrogen and oxygen atoms in total. The molecular formula is C16H24ClN5O. The summed E-state index contributed by atoms with van der Waals surface area (Å²) in [6.07, 6.45) is 3.82. The van der Waals surface area contributed by atoms with Gasteiger partial charge in [-0.2, -0.15) is 5.10 Å². The molecule has 1 heterocycles. The van der Waals surface area contributed by atoms with Crippen LogP contribution in [0.3, 0.4) is 0 Å². The van der Waals surface area contributed by atoms with Gasteiger partial charge in [0.2, 0.25) is 5.91 Å². The zero-order valence-electron chi connectivity index (χ0n) is 13.6. The van der Waals surface area contributed by atoms with E-state index >= 15 is 0 Å². The van der Waals surface area contributed by atoms with Gasteiger partial charge < -0.3 is 11.1 Å². The van der Waals surface area contributed by atoms with Gasteiger partial charge in [0, 0.05) is 0 Å². The maximum Gasteiger partial charge on any atom is 0.237 e. The Morgan fingerprint density at radius 2 is 1.91 bits per heavy atom. The molecule has 0 bridgehead atoms. The zero-order chi connectivity index (χ0) is 16.1. The van der Waals surface area contributed by atoms with Crippen molar-refractivity contribution in [3.8, 4) is 5.69 Å². The molecule has 0 saturated carbocycles. The molecule has 0 radical (unpaired) electrons. The molecule has 0 saturated heterocycles. The molecule has 3 N–H and O–H groups in total. The fraction of sp³-hybridized carbons (Fsp3) is 0.438. The van der Waals surface area contributed by atoms with Crippen molar-refractivity contribution in [2.75, 3.05) is 0 Å². The monoisotopic (exact) mass is 337 g/mol. The lowest BCUT2D eigenvalue weighted by Gasteiger charge is -2.19. The number of amides is 1. The highest BCUT2D eigenvalue weighted by Gasteiger charge is 2.17. The Bertz CT molecular complexity index is 597. The highest BCUT2D eigenvalue weighted by molar-refractivity contribution is 5.85. The van der Waals surface area contributed by atoms with Crippen LogP contribution in [0, 0.1) is 5.92 Å². The number of aromatic nitrogens is 3. The Hall–Kier alpha value is -1.92. The highest BCUT2D eigenvalue weighted by atomic mass is 35.5. The van der Waals surface area contributed by atoms with Crippen LogP contribution in [0.2, 0.25) is 0 Å². The number of nitrogens with one attached hydrogen (secondary N) is 1. The van der Waals surface area contributed by atoms with Gasteiger partial charge in [-0.25, -0.2) is 9.67 Å². The Labute approximate surface area is 142 Å². The first-order valence-electron chi connectivity index (χ1n) is 7.48. The first-order chi connectivity index (χ1) is 10.5. The van der Waals surface area contributed by atoms with E-state index in [1.165, 1.54) is 6.33 Å². The number of carbonyl (C=O) groups excluding carboxylic acids is 1. The molecule has 0 aliphatic carbocycles. The van der Waals surface area contributed by atoms with Crippen molar-refractivity contribution in [2.24, 2.45) is 11.7 Å². The minimum absolute atomic E-state index is 0. The van der Waals surface area contributed by atoms with Crippen LogP contribution in [0.4, 0.5) is 0 Å². The first-order valence-corrected chi connectivity index (χ1v) is 7.48. The second kappa shape index (κ2) is 8.64. The largest absolute Gasteiger partial charge is 0.348 e. The molecule has 1 unspecified atom stereocenters. The zero-order valence-corrected chi connectivity index (χ0v) is 14.5. The third kappa shape index (κ3) is 5.33. The van der Waals surface area contributed by atoms with Crippen molar-refractivity contribution in [3.63, 3.8) is 0 Å². The second-order valence-electron chi connectivity index (χ2n) is 5.90. The molecule has 2 atom stereocenters. The Kier molecular flexibility index (Phi) is 7.19. The normalized spacial score (nSPS) is 13.3. The van der Waals surface area contributed by atoms with Crippen LogP contribution in [-0.2, 0) is 4.79 Å². The van der Waals surface area contributed by atoms with Gasteiger partial charge in [-0.15, -0.1) is 12.4 Å². The predicted molar refractivity (Wildman–Crippen MR) is 92.6 cm³/mol. The average molecular weight is 338 g/mol. The summed E-state index contributed by atoms with van der Waals surface area (Å²) >= 11 is 0. The van der Waals surface area contributed by atoms with Crippen molar-refractivity contribution >= 4 is 18.3 Å². The van der Waals surface area contributed by atoms with Crippen molar-refractivity contribution in [1.29, 1.82) is 0 Å². The maximum atomic E-state index is 12.1. The Morgan fingerprint density at radius 3 is 2.43 bits per heavy atom. The average Bonchev–Trinajstić information content (AvgIpc) is 3.00. The SMILES string of the molecule is CC(C)C[C@H](N)C(=O)NC(C)c1ccc(-n2cncn2)cc1.Cl. The van der Waals surface area contributed by atoms with Crippen molar-refractivity contribution < 1.29 is 4.79 Å². The molecule has 0 aliphatic rings. The molecule has 1 aromatic heterocycles. The molecule has 2 aromatic rings. The van der Waals surface area contributed by atoms with Crippen LogP contribution >= 0.6 is 12.4 Å². The summed E-state index contributed by atoms with van der Waals surface area (Å²) in [5.74, 6) is 0.291. The number of hydrogen-bond donors (Lipinski definition) is 2. The first kappa shape index (κ1) is 19.1. The summed E-state index contributed by atoms with van der Waals surface area (Å²) in [7, 11) is 0. The molecule has 2 rings (SSSR count). The van der Waals surface area contributed by atoms with Crippen LogP contribution in [0.5, 0.6) is 0 Å². The minimum atomic E-state index is -0.461. The summed E-state index contributed by atoms with van der Waals surface area (Å²) < 4.78 is 1.69. The summed E-state index contributed by atoms with van der Waals surface area (Å²) in [5, 5.41) is 7.04. The molecule has 0 spiro atoms. The van der Waals surface area contributed by atoms with E-state index in [0.29, 0.717) is 12.3 Å². The lowest BCUT2D eigenvalue weighted by atomic mass is 10.0.